The molecule has 0 aliphatic rings. The lowest BCUT2D eigenvalue weighted by Gasteiger charge is -2.14. The van der Waals surface area contributed by atoms with Crippen LogP contribution in [0.5, 0.6) is 0 Å². The van der Waals surface area contributed by atoms with Crippen molar-refractivity contribution in [2.75, 3.05) is 6.54 Å². The molecule has 0 amide bonds. The van der Waals surface area contributed by atoms with Gasteiger partial charge in [-0.2, -0.15) is 0 Å². The predicted molar refractivity (Wildman–Crippen MR) is 91.0 cm³/mol. The zero-order valence-corrected chi connectivity index (χ0v) is 14.1. The molecular formula is C19H29NO. The van der Waals surface area contributed by atoms with Gasteiger partial charge in [0.25, 0.3) is 0 Å². The molecule has 0 aliphatic carbocycles. The fourth-order valence-electron chi connectivity index (χ4n) is 2.93. The van der Waals surface area contributed by atoms with Crippen molar-refractivity contribution in [1.82, 2.24) is 5.32 Å². The van der Waals surface area contributed by atoms with Gasteiger partial charge in [0, 0.05) is 5.39 Å². The van der Waals surface area contributed by atoms with Crippen molar-refractivity contribution in [3.8, 4) is 0 Å². The van der Waals surface area contributed by atoms with Crippen LogP contribution in [0, 0.1) is 6.92 Å². The summed E-state index contributed by atoms with van der Waals surface area (Å²) in [5.74, 6) is 1.61. The van der Waals surface area contributed by atoms with E-state index >= 15 is 0 Å². The molecule has 0 aliphatic heterocycles. The normalized spacial score (nSPS) is 13.2. The molecule has 1 unspecified atom stereocenters. The molecule has 1 atom stereocenters. The Morgan fingerprint density at radius 2 is 1.90 bits per heavy atom. The average molecular weight is 287 g/mol. The quantitative estimate of drug-likeness (QED) is 0.706. The van der Waals surface area contributed by atoms with Gasteiger partial charge in [-0.15, -0.1) is 0 Å². The third-order valence-electron chi connectivity index (χ3n) is 4.12. The number of benzene rings is 1. The molecule has 0 bridgehead atoms. The van der Waals surface area contributed by atoms with Crippen LogP contribution in [-0.2, 0) is 0 Å². The molecule has 0 saturated carbocycles. The Balaban J connectivity index is 2.44. The summed E-state index contributed by atoms with van der Waals surface area (Å²) in [6.07, 6.45) is 3.43. The van der Waals surface area contributed by atoms with Gasteiger partial charge in [0.05, 0.1) is 6.04 Å². The third kappa shape index (κ3) is 3.49. The van der Waals surface area contributed by atoms with Crippen molar-refractivity contribution in [3.63, 3.8) is 0 Å². The van der Waals surface area contributed by atoms with E-state index in [1.54, 1.807) is 0 Å². The molecule has 2 heteroatoms. The van der Waals surface area contributed by atoms with Crippen LogP contribution in [0.1, 0.15) is 75.8 Å². The maximum absolute atomic E-state index is 6.24. The van der Waals surface area contributed by atoms with Crippen molar-refractivity contribution in [2.45, 2.75) is 65.8 Å². The van der Waals surface area contributed by atoms with Crippen LogP contribution in [0.4, 0.5) is 0 Å². The lowest BCUT2D eigenvalue weighted by Crippen LogP contribution is -2.21. The standard InChI is InChI=1S/C19H29NO/c1-6-8-17(20-11-7-2)18-12-16-15(13(3)4)10-9-14(5)19(16)21-18/h9-10,12-13,17,20H,6-8,11H2,1-5H3. The summed E-state index contributed by atoms with van der Waals surface area (Å²) in [4.78, 5) is 0. The Labute approximate surface area is 128 Å². The summed E-state index contributed by atoms with van der Waals surface area (Å²) < 4.78 is 6.24. The molecule has 0 spiro atoms. The molecule has 1 N–H and O–H groups in total. The van der Waals surface area contributed by atoms with Gasteiger partial charge in [-0.1, -0.05) is 46.2 Å². The smallest absolute Gasteiger partial charge is 0.137 e. The number of aryl methyl sites for hydroxylation is 1. The molecule has 2 aromatic rings. The molecule has 0 radical (unpaired) electrons. The van der Waals surface area contributed by atoms with E-state index < -0.39 is 0 Å². The van der Waals surface area contributed by atoms with E-state index in [0.717, 1.165) is 37.2 Å². The molecule has 116 valence electrons. The van der Waals surface area contributed by atoms with Gasteiger partial charge < -0.3 is 9.73 Å². The third-order valence-corrected chi connectivity index (χ3v) is 4.12. The maximum atomic E-state index is 6.24. The van der Waals surface area contributed by atoms with Gasteiger partial charge in [0.2, 0.25) is 0 Å². The van der Waals surface area contributed by atoms with Crippen molar-refractivity contribution < 1.29 is 4.42 Å². The highest BCUT2D eigenvalue weighted by Gasteiger charge is 2.18. The van der Waals surface area contributed by atoms with E-state index in [9.17, 15) is 0 Å². The average Bonchev–Trinajstić information content (AvgIpc) is 2.89. The molecule has 1 heterocycles. The molecule has 0 saturated heterocycles. The largest absolute Gasteiger partial charge is 0.459 e. The number of furan rings is 1. The van der Waals surface area contributed by atoms with E-state index in [-0.39, 0.29) is 0 Å². The number of hydrogen-bond donors (Lipinski definition) is 1. The SMILES string of the molecule is CCCNC(CCC)c1cc2c(C(C)C)ccc(C)c2o1. The van der Waals surface area contributed by atoms with Crippen molar-refractivity contribution in [3.05, 3.63) is 35.1 Å². The first-order valence-corrected chi connectivity index (χ1v) is 8.34. The lowest BCUT2D eigenvalue weighted by molar-refractivity contribution is 0.407. The monoisotopic (exact) mass is 287 g/mol. The predicted octanol–water partition coefficient (Wildman–Crippen LogP) is 5.71. The second-order valence-corrected chi connectivity index (χ2v) is 6.31. The van der Waals surface area contributed by atoms with E-state index in [4.69, 9.17) is 4.42 Å². The summed E-state index contributed by atoms with van der Waals surface area (Å²) in [7, 11) is 0. The van der Waals surface area contributed by atoms with Gasteiger partial charge in [0.15, 0.2) is 0 Å². The fourth-order valence-corrected chi connectivity index (χ4v) is 2.93. The molecule has 2 rings (SSSR count). The summed E-state index contributed by atoms with van der Waals surface area (Å²) in [6, 6.07) is 7.03. The Hall–Kier alpha value is -1.28. The van der Waals surface area contributed by atoms with Crippen LogP contribution < -0.4 is 5.32 Å². The zero-order valence-electron chi connectivity index (χ0n) is 14.1. The van der Waals surface area contributed by atoms with Crippen molar-refractivity contribution >= 4 is 11.0 Å². The molecule has 1 aromatic heterocycles. The first kappa shape index (κ1) is 16.1. The summed E-state index contributed by atoms with van der Waals surface area (Å²) >= 11 is 0. The van der Waals surface area contributed by atoms with Gasteiger partial charge in [-0.05, 0) is 49.4 Å². The van der Waals surface area contributed by atoms with Gasteiger partial charge >= 0.3 is 0 Å². The molecule has 2 nitrogen and oxygen atoms in total. The van der Waals surface area contributed by atoms with Crippen LogP contribution in [0.3, 0.4) is 0 Å². The number of rotatable bonds is 7. The minimum absolute atomic E-state index is 0.335. The Kier molecular flexibility index (Phi) is 5.46. The topological polar surface area (TPSA) is 25.2 Å². The van der Waals surface area contributed by atoms with Crippen LogP contribution in [0.25, 0.3) is 11.0 Å². The first-order chi connectivity index (χ1) is 10.1. The molecule has 1 aromatic carbocycles. The van der Waals surface area contributed by atoms with Gasteiger partial charge in [-0.25, -0.2) is 0 Å². The van der Waals surface area contributed by atoms with Crippen LogP contribution in [-0.4, -0.2) is 6.54 Å². The lowest BCUT2D eigenvalue weighted by atomic mass is 9.97. The number of nitrogens with one attached hydrogen (secondary N) is 1. The van der Waals surface area contributed by atoms with Crippen LogP contribution in [0.2, 0.25) is 0 Å². The Bertz CT molecular complexity index is 583. The minimum atomic E-state index is 0.335. The summed E-state index contributed by atoms with van der Waals surface area (Å²) in [6.45, 7) is 12.1. The van der Waals surface area contributed by atoms with Crippen molar-refractivity contribution in [2.24, 2.45) is 0 Å². The number of hydrogen-bond acceptors (Lipinski definition) is 2. The highest BCUT2D eigenvalue weighted by Crippen LogP contribution is 2.33. The van der Waals surface area contributed by atoms with E-state index in [2.05, 4.69) is 58.1 Å². The van der Waals surface area contributed by atoms with Gasteiger partial charge in [-0.3, -0.25) is 0 Å². The van der Waals surface area contributed by atoms with E-state index in [1.165, 1.54) is 16.5 Å². The fraction of sp³-hybridized carbons (Fsp3) is 0.579. The molecule has 0 fully saturated rings. The summed E-state index contributed by atoms with van der Waals surface area (Å²) in [5, 5.41) is 4.91. The Morgan fingerprint density at radius 3 is 2.52 bits per heavy atom. The van der Waals surface area contributed by atoms with Crippen molar-refractivity contribution in [1.29, 1.82) is 0 Å². The van der Waals surface area contributed by atoms with Crippen LogP contribution >= 0.6 is 0 Å². The Morgan fingerprint density at radius 1 is 1.14 bits per heavy atom. The second-order valence-electron chi connectivity index (χ2n) is 6.31. The summed E-state index contributed by atoms with van der Waals surface area (Å²) in [5.41, 5.74) is 3.68. The van der Waals surface area contributed by atoms with E-state index in [1.807, 2.05) is 0 Å². The molecule has 21 heavy (non-hydrogen) atoms. The maximum Gasteiger partial charge on any atom is 0.137 e. The number of fused-ring (bicyclic) bond motifs is 1. The second kappa shape index (κ2) is 7.13. The van der Waals surface area contributed by atoms with Gasteiger partial charge in [0.1, 0.15) is 11.3 Å². The van der Waals surface area contributed by atoms with E-state index in [0.29, 0.717) is 12.0 Å². The first-order valence-electron chi connectivity index (χ1n) is 8.34. The highest BCUT2D eigenvalue weighted by atomic mass is 16.3. The molecular weight excluding hydrogens is 258 g/mol. The minimum Gasteiger partial charge on any atom is -0.459 e. The highest BCUT2D eigenvalue weighted by molar-refractivity contribution is 5.85. The zero-order chi connectivity index (χ0) is 15.4. The van der Waals surface area contributed by atoms with Crippen LogP contribution in [0.15, 0.2) is 22.6 Å².